The zero-order chi connectivity index (χ0) is 14.7. The Labute approximate surface area is 132 Å². The highest BCUT2D eigenvalue weighted by atomic mass is 32.1. The van der Waals surface area contributed by atoms with E-state index in [4.69, 9.17) is 11.5 Å². The first-order chi connectivity index (χ1) is 7.87. The molecule has 0 fully saturated rings. The third-order valence-electron chi connectivity index (χ3n) is 0.404. The van der Waals surface area contributed by atoms with Crippen LogP contribution in [0.1, 0.15) is 33.6 Å². The van der Waals surface area contributed by atoms with Crippen LogP contribution in [0, 0.1) is 0 Å². The SMILES string of the molecule is CCC.CCCS.NC(=S)OS.NC(=S)OS. The Morgan fingerprint density at radius 3 is 1.12 bits per heavy atom. The van der Waals surface area contributed by atoms with Gasteiger partial charge in [0.25, 0.3) is 10.3 Å². The summed E-state index contributed by atoms with van der Waals surface area (Å²) in [6, 6.07) is 0. The molecular weight excluding hydrogens is 316 g/mol. The van der Waals surface area contributed by atoms with Crippen molar-refractivity contribution in [2.24, 2.45) is 11.5 Å². The molecule has 0 saturated heterocycles. The van der Waals surface area contributed by atoms with Crippen molar-refractivity contribution >= 4 is 73.2 Å². The van der Waals surface area contributed by atoms with E-state index >= 15 is 0 Å². The van der Waals surface area contributed by atoms with Crippen molar-refractivity contribution in [1.82, 2.24) is 0 Å². The zero-order valence-electron chi connectivity index (χ0n) is 10.3. The molecule has 0 saturated carbocycles. The van der Waals surface area contributed by atoms with Gasteiger partial charge >= 0.3 is 0 Å². The number of hydrogen-bond acceptors (Lipinski definition) is 7. The summed E-state index contributed by atoms with van der Waals surface area (Å²) >= 11 is 18.8. The van der Waals surface area contributed by atoms with Gasteiger partial charge in [0, 0.05) is 25.8 Å². The lowest BCUT2D eigenvalue weighted by molar-refractivity contribution is 0.666. The van der Waals surface area contributed by atoms with Crippen LogP contribution in [0.3, 0.4) is 0 Å². The van der Waals surface area contributed by atoms with Crippen LogP contribution >= 0.6 is 62.9 Å². The van der Waals surface area contributed by atoms with Gasteiger partial charge in [-0.1, -0.05) is 27.2 Å². The van der Waals surface area contributed by atoms with Crippen molar-refractivity contribution in [2.75, 3.05) is 5.75 Å². The molecule has 17 heavy (non-hydrogen) atoms. The molecule has 0 aliphatic heterocycles. The normalized spacial score (nSPS) is 6.71. The van der Waals surface area contributed by atoms with Gasteiger partial charge in [-0.3, -0.25) is 0 Å². The van der Waals surface area contributed by atoms with Crippen LogP contribution in [0.2, 0.25) is 0 Å². The van der Waals surface area contributed by atoms with E-state index < -0.39 is 0 Å². The Morgan fingerprint density at radius 2 is 1.12 bits per heavy atom. The third-order valence-corrected chi connectivity index (χ3v) is 1.66. The maximum absolute atomic E-state index is 4.72. The van der Waals surface area contributed by atoms with Crippen LogP contribution in [0.4, 0.5) is 0 Å². The van der Waals surface area contributed by atoms with Gasteiger partial charge in [-0.15, -0.1) is 0 Å². The van der Waals surface area contributed by atoms with Gasteiger partial charge in [0.1, 0.15) is 0 Å². The first kappa shape index (κ1) is 26.1. The van der Waals surface area contributed by atoms with E-state index in [1.165, 1.54) is 12.8 Å². The van der Waals surface area contributed by atoms with E-state index in [0.29, 0.717) is 0 Å². The summed E-state index contributed by atoms with van der Waals surface area (Å²) in [7, 11) is 0. The van der Waals surface area contributed by atoms with Crippen molar-refractivity contribution in [2.45, 2.75) is 33.6 Å². The number of thiocarbonyl (C=S) groups is 2. The fourth-order valence-corrected chi connectivity index (χ4v) is 0. The van der Waals surface area contributed by atoms with Gasteiger partial charge in [-0.25, -0.2) is 0 Å². The quantitative estimate of drug-likeness (QED) is 0.288. The molecule has 0 bridgehead atoms. The average Bonchev–Trinajstić information content (AvgIpc) is 2.31. The number of hydrogen-bond donors (Lipinski definition) is 5. The molecule has 0 aromatic carbocycles. The largest absolute Gasteiger partial charge is 0.401 e. The topological polar surface area (TPSA) is 70.5 Å². The molecule has 0 unspecified atom stereocenters. The summed E-state index contributed by atoms with van der Waals surface area (Å²) in [6.45, 7) is 6.35. The van der Waals surface area contributed by atoms with Gasteiger partial charge in [0.15, 0.2) is 0 Å². The summed E-state index contributed by atoms with van der Waals surface area (Å²) < 4.78 is 7.91. The number of nitrogens with two attached hydrogens (primary N) is 2. The maximum Gasteiger partial charge on any atom is 0.266 e. The number of thiol groups is 3. The molecule has 0 heterocycles. The molecule has 0 rings (SSSR count). The highest BCUT2D eigenvalue weighted by molar-refractivity contribution is 7.82. The Hall–Kier alpha value is 0.430. The Balaban J connectivity index is -0.0000000676. The fraction of sp³-hybridized carbons (Fsp3) is 0.750. The van der Waals surface area contributed by atoms with E-state index in [2.05, 4.69) is 92.0 Å². The summed E-state index contributed by atoms with van der Waals surface area (Å²) in [4.78, 5) is 0. The predicted molar refractivity (Wildman–Crippen MR) is 93.8 cm³/mol. The minimum atomic E-state index is -0.0478. The second-order valence-corrected chi connectivity index (χ2v) is 3.87. The molecule has 0 radical (unpaired) electrons. The highest BCUT2D eigenvalue weighted by Crippen LogP contribution is 1.74. The van der Waals surface area contributed by atoms with Crippen LogP contribution in [0.25, 0.3) is 0 Å². The highest BCUT2D eigenvalue weighted by Gasteiger charge is 1.71. The van der Waals surface area contributed by atoms with Gasteiger partial charge in [0.05, 0.1) is 0 Å². The second kappa shape index (κ2) is 29.9. The molecular formula is C8H22N2O2S5. The van der Waals surface area contributed by atoms with Gasteiger partial charge < -0.3 is 19.8 Å². The van der Waals surface area contributed by atoms with Crippen LogP contribution in [-0.2, 0) is 8.37 Å². The van der Waals surface area contributed by atoms with E-state index in [1.807, 2.05) is 0 Å². The van der Waals surface area contributed by atoms with E-state index in [1.54, 1.807) is 0 Å². The molecule has 0 aliphatic rings. The van der Waals surface area contributed by atoms with Crippen molar-refractivity contribution < 1.29 is 8.37 Å². The smallest absolute Gasteiger partial charge is 0.266 e. The first-order valence-corrected chi connectivity index (χ1v) is 6.88. The number of rotatable bonds is 1. The van der Waals surface area contributed by atoms with Crippen molar-refractivity contribution in [3.63, 3.8) is 0 Å². The third kappa shape index (κ3) is 116. The first-order valence-electron chi connectivity index (χ1n) is 4.70. The minimum Gasteiger partial charge on any atom is -0.401 e. The van der Waals surface area contributed by atoms with E-state index in [9.17, 15) is 0 Å². The van der Waals surface area contributed by atoms with Gasteiger partial charge in [-0.05, 0) is 36.6 Å². The lowest BCUT2D eigenvalue weighted by Gasteiger charge is -1.82. The van der Waals surface area contributed by atoms with Crippen LogP contribution < -0.4 is 11.5 Å². The van der Waals surface area contributed by atoms with Crippen molar-refractivity contribution in [1.29, 1.82) is 0 Å². The maximum atomic E-state index is 4.72. The molecule has 0 atom stereocenters. The minimum absolute atomic E-state index is 0.0478. The van der Waals surface area contributed by atoms with E-state index in [-0.39, 0.29) is 10.3 Å². The van der Waals surface area contributed by atoms with Gasteiger partial charge in [-0.2, -0.15) is 12.6 Å². The summed E-state index contributed by atoms with van der Waals surface area (Å²) in [6.07, 6.45) is 2.43. The summed E-state index contributed by atoms with van der Waals surface area (Å²) in [5.41, 5.74) is 9.45. The lowest BCUT2D eigenvalue weighted by atomic mass is 10.6. The van der Waals surface area contributed by atoms with Crippen molar-refractivity contribution in [3.05, 3.63) is 0 Å². The Morgan fingerprint density at radius 1 is 1.00 bits per heavy atom. The van der Waals surface area contributed by atoms with Crippen molar-refractivity contribution in [3.8, 4) is 0 Å². The second-order valence-electron chi connectivity index (χ2n) is 2.25. The van der Waals surface area contributed by atoms with Crippen LogP contribution in [0.5, 0.6) is 0 Å². The Bertz CT molecular complexity index is 145. The standard InChI is InChI=1S/C3H8S.C3H8.2CH3NOS2/c1-2-3-4;1-3-2;2*2-1(4)3-5/h4H,2-3H2,1H3;3H2,1-2H3;2*5H,(H2,2,4). The molecule has 0 aromatic rings. The van der Waals surface area contributed by atoms with E-state index in [0.717, 1.165) is 5.75 Å². The molecule has 0 amide bonds. The molecule has 0 aliphatic carbocycles. The zero-order valence-corrected chi connectivity index (χ0v) is 14.6. The molecule has 0 aromatic heterocycles. The summed E-state index contributed by atoms with van der Waals surface area (Å²) in [5, 5.41) is -0.0957. The molecule has 9 heteroatoms. The summed E-state index contributed by atoms with van der Waals surface area (Å²) in [5.74, 6) is 1.01. The Kier molecular flexibility index (Phi) is 45.9. The average molecular weight is 339 g/mol. The monoisotopic (exact) mass is 338 g/mol. The van der Waals surface area contributed by atoms with Crippen LogP contribution in [-0.4, -0.2) is 16.1 Å². The lowest BCUT2D eigenvalue weighted by Crippen LogP contribution is -2.05. The fourth-order valence-electron chi connectivity index (χ4n) is 0. The molecule has 0 spiro atoms. The molecule has 106 valence electrons. The molecule has 4 N–H and O–H groups in total. The van der Waals surface area contributed by atoms with Crippen LogP contribution in [0.15, 0.2) is 0 Å². The van der Waals surface area contributed by atoms with Gasteiger partial charge in [0.2, 0.25) is 0 Å². The molecule has 4 nitrogen and oxygen atoms in total. The predicted octanol–water partition coefficient (Wildman–Crippen LogP) is 2.93.